The Kier molecular flexibility index (Phi) is 1.81. The van der Waals surface area contributed by atoms with Crippen molar-refractivity contribution in [3.8, 4) is 5.75 Å². The summed E-state index contributed by atoms with van der Waals surface area (Å²) in [7, 11) is 3.11. The normalized spacial score (nSPS) is 19.2. The fraction of sp³-hybridized carbons (Fsp3) is 0.300. The Morgan fingerprint density at radius 3 is 2.69 bits per heavy atom. The van der Waals surface area contributed by atoms with Crippen LogP contribution in [0.2, 0.25) is 0 Å². The van der Waals surface area contributed by atoms with E-state index >= 15 is 0 Å². The molecule has 0 saturated heterocycles. The second-order valence-corrected chi connectivity index (χ2v) is 2.90. The van der Waals surface area contributed by atoms with Crippen molar-refractivity contribution in [2.24, 2.45) is 0 Å². The molecule has 0 saturated carbocycles. The molecule has 0 bridgehead atoms. The zero-order valence-electron chi connectivity index (χ0n) is 7.53. The molecule has 0 N–H and O–H groups in total. The number of carbonyl (C=O) groups excluding carboxylic acids is 1. The number of carbonyl (C=O) groups is 1. The van der Waals surface area contributed by atoms with E-state index in [1.807, 2.05) is 6.07 Å². The first-order chi connectivity index (χ1) is 6.29. The maximum atomic E-state index is 11.4. The Labute approximate surface area is 76.3 Å². The zero-order valence-corrected chi connectivity index (χ0v) is 7.53. The second kappa shape index (κ2) is 2.85. The predicted molar refractivity (Wildman–Crippen MR) is 47.1 cm³/mol. The lowest BCUT2D eigenvalue weighted by Gasteiger charge is -2.28. The van der Waals surface area contributed by atoms with Gasteiger partial charge >= 0.3 is 0 Å². The van der Waals surface area contributed by atoms with Crippen LogP contribution in [-0.2, 0) is 4.74 Å². The van der Waals surface area contributed by atoms with Crippen molar-refractivity contribution in [1.29, 1.82) is 0 Å². The van der Waals surface area contributed by atoms with Gasteiger partial charge in [-0.2, -0.15) is 0 Å². The van der Waals surface area contributed by atoms with Gasteiger partial charge in [0, 0.05) is 18.2 Å². The van der Waals surface area contributed by atoms with Crippen molar-refractivity contribution in [2.75, 3.05) is 14.2 Å². The first-order valence-corrected chi connectivity index (χ1v) is 4.03. The van der Waals surface area contributed by atoms with E-state index in [0.29, 0.717) is 5.56 Å². The number of benzene rings is 1. The summed E-state index contributed by atoms with van der Waals surface area (Å²) in [6.07, 6.45) is -0.425. The van der Waals surface area contributed by atoms with Gasteiger partial charge in [-0.3, -0.25) is 4.79 Å². The summed E-state index contributed by atoms with van der Waals surface area (Å²) in [5.41, 5.74) is 1.59. The zero-order chi connectivity index (χ0) is 9.42. The highest BCUT2D eigenvalue weighted by atomic mass is 16.5. The molecule has 0 spiro atoms. The third-order valence-electron chi connectivity index (χ3n) is 2.29. The fourth-order valence-electron chi connectivity index (χ4n) is 1.63. The summed E-state index contributed by atoms with van der Waals surface area (Å²) < 4.78 is 10.2. The number of hydrogen-bond acceptors (Lipinski definition) is 3. The number of fused-ring (bicyclic) bond motifs is 1. The van der Waals surface area contributed by atoms with Crippen LogP contribution in [-0.4, -0.2) is 20.0 Å². The van der Waals surface area contributed by atoms with Gasteiger partial charge in [-0.25, -0.2) is 0 Å². The third kappa shape index (κ3) is 0.971. The van der Waals surface area contributed by atoms with Gasteiger partial charge in [0.15, 0.2) is 5.78 Å². The Morgan fingerprint density at radius 2 is 2.08 bits per heavy atom. The molecule has 0 fully saturated rings. The molecule has 0 aliphatic heterocycles. The number of ketones is 1. The minimum Gasteiger partial charge on any atom is -0.496 e. The maximum Gasteiger partial charge on any atom is 0.196 e. The Morgan fingerprint density at radius 1 is 1.31 bits per heavy atom. The first-order valence-electron chi connectivity index (χ1n) is 4.03. The molecular formula is C10H10O3. The monoisotopic (exact) mass is 178 g/mol. The minimum absolute atomic E-state index is 0.0383. The van der Waals surface area contributed by atoms with Gasteiger partial charge < -0.3 is 9.47 Å². The standard InChI is InChI=1S/C10H10O3/c1-12-7-5-3-4-6-8(7)10(13-2)9(6)11/h3-5,10H,1-2H3. The number of Topliss-reactive ketones (excluding diaryl/α,β-unsaturated/α-hetero) is 1. The number of ether oxygens (including phenoxy) is 2. The molecule has 1 aromatic carbocycles. The molecule has 3 heteroatoms. The highest BCUT2D eigenvalue weighted by Gasteiger charge is 2.38. The average molecular weight is 178 g/mol. The van der Waals surface area contributed by atoms with Crippen molar-refractivity contribution in [3.63, 3.8) is 0 Å². The molecule has 1 aromatic rings. The van der Waals surface area contributed by atoms with Crippen molar-refractivity contribution in [2.45, 2.75) is 6.10 Å². The van der Waals surface area contributed by atoms with Crippen molar-refractivity contribution >= 4 is 5.78 Å². The molecule has 0 radical (unpaired) electrons. The summed E-state index contributed by atoms with van der Waals surface area (Å²) in [4.78, 5) is 11.4. The van der Waals surface area contributed by atoms with Crippen LogP contribution in [0.15, 0.2) is 18.2 Å². The van der Waals surface area contributed by atoms with E-state index in [9.17, 15) is 4.79 Å². The molecular weight excluding hydrogens is 168 g/mol. The van der Waals surface area contributed by atoms with Crippen molar-refractivity contribution in [3.05, 3.63) is 29.3 Å². The van der Waals surface area contributed by atoms with E-state index in [4.69, 9.17) is 9.47 Å². The highest BCUT2D eigenvalue weighted by molar-refractivity contribution is 6.10. The van der Waals surface area contributed by atoms with Crippen LogP contribution in [0.5, 0.6) is 5.75 Å². The average Bonchev–Trinajstić information content (AvgIpc) is 2.17. The lowest BCUT2D eigenvalue weighted by molar-refractivity contribution is 0.0504. The van der Waals surface area contributed by atoms with E-state index in [1.54, 1.807) is 19.2 Å². The van der Waals surface area contributed by atoms with E-state index in [2.05, 4.69) is 0 Å². The van der Waals surface area contributed by atoms with Gasteiger partial charge in [0.25, 0.3) is 0 Å². The van der Waals surface area contributed by atoms with Crippen LogP contribution in [0.25, 0.3) is 0 Å². The molecule has 3 nitrogen and oxygen atoms in total. The first kappa shape index (κ1) is 8.26. The highest BCUT2D eigenvalue weighted by Crippen LogP contribution is 2.41. The largest absolute Gasteiger partial charge is 0.496 e. The topological polar surface area (TPSA) is 35.5 Å². The summed E-state index contributed by atoms with van der Waals surface area (Å²) in [6, 6.07) is 5.43. The Balaban J connectivity index is 2.51. The van der Waals surface area contributed by atoms with Gasteiger partial charge in [0.2, 0.25) is 0 Å². The number of hydrogen-bond donors (Lipinski definition) is 0. The third-order valence-corrected chi connectivity index (χ3v) is 2.29. The van der Waals surface area contributed by atoms with E-state index < -0.39 is 6.10 Å². The van der Waals surface area contributed by atoms with Gasteiger partial charge in [-0.15, -0.1) is 0 Å². The van der Waals surface area contributed by atoms with Gasteiger partial charge in [0.05, 0.1) is 7.11 Å². The fourth-order valence-corrected chi connectivity index (χ4v) is 1.63. The quantitative estimate of drug-likeness (QED) is 0.689. The lowest BCUT2D eigenvalue weighted by atomic mass is 9.83. The SMILES string of the molecule is COc1cccc2c1C(OC)C2=O. The summed E-state index contributed by atoms with van der Waals surface area (Å²) in [6.45, 7) is 0. The van der Waals surface area contributed by atoms with E-state index in [0.717, 1.165) is 11.3 Å². The number of methoxy groups -OCH3 is 2. The minimum atomic E-state index is -0.425. The van der Waals surface area contributed by atoms with Crippen LogP contribution < -0.4 is 4.74 Å². The molecule has 68 valence electrons. The number of rotatable bonds is 2. The molecule has 1 aliphatic carbocycles. The lowest BCUT2D eigenvalue weighted by Crippen LogP contribution is -2.28. The van der Waals surface area contributed by atoms with Crippen molar-refractivity contribution in [1.82, 2.24) is 0 Å². The second-order valence-electron chi connectivity index (χ2n) is 2.90. The summed E-state index contributed by atoms with van der Waals surface area (Å²) >= 11 is 0. The van der Waals surface area contributed by atoms with Crippen LogP contribution in [0.1, 0.15) is 22.0 Å². The molecule has 0 aromatic heterocycles. The Hall–Kier alpha value is -1.35. The van der Waals surface area contributed by atoms with Crippen LogP contribution in [0.4, 0.5) is 0 Å². The molecule has 1 atom stereocenters. The van der Waals surface area contributed by atoms with Crippen LogP contribution >= 0.6 is 0 Å². The Bertz CT molecular complexity index is 357. The molecule has 0 amide bonds. The maximum absolute atomic E-state index is 11.4. The van der Waals surface area contributed by atoms with E-state index in [1.165, 1.54) is 7.11 Å². The summed E-state index contributed by atoms with van der Waals surface area (Å²) in [5.74, 6) is 0.764. The smallest absolute Gasteiger partial charge is 0.196 e. The van der Waals surface area contributed by atoms with Crippen LogP contribution in [0.3, 0.4) is 0 Å². The van der Waals surface area contributed by atoms with Crippen molar-refractivity contribution < 1.29 is 14.3 Å². The van der Waals surface area contributed by atoms with Gasteiger partial charge in [-0.1, -0.05) is 12.1 Å². The molecule has 1 unspecified atom stereocenters. The van der Waals surface area contributed by atoms with Gasteiger partial charge in [0.1, 0.15) is 11.9 Å². The van der Waals surface area contributed by atoms with Gasteiger partial charge in [-0.05, 0) is 6.07 Å². The van der Waals surface area contributed by atoms with Crippen LogP contribution in [0, 0.1) is 0 Å². The molecule has 0 heterocycles. The summed E-state index contributed by atoms with van der Waals surface area (Å²) in [5, 5.41) is 0. The van der Waals surface area contributed by atoms with E-state index in [-0.39, 0.29) is 5.78 Å². The molecule has 13 heavy (non-hydrogen) atoms. The predicted octanol–water partition coefficient (Wildman–Crippen LogP) is 1.58. The molecule has 1 aliphatic rings. The molecule has 2 rings (SSSR count).